The van der Waals surface area contributed by atoms with E-state index in [0.717, 1.165) is 31.2 Å². The standard InChI is InChI=1S/C22H23N3/c1-3-8-17(9-4-1)20-19-13-12-16-10-7-11-18(16)21(19)24-22(23-20)25-14-5-2-6-15-25/h1,3-4,8-9,12-13H,2,5-7,10-11,14-15H2. The molecule has 3 heteroatoms. The molecule has 25 heavy (non-hydrogen) atoms. The van der Waals surface area contributed by atoms with Gasteiger partial charge in [0.2, 0.25) is 5.95 Å². The Morgan fingerprint density at radius 1 is 0.760 bits per heavy atom. The van der Waals surface area contributed by atoms with Gasteiger partial charge in [-0.2, -0.15) is 0 Å². The highest BCUT2D eigenvalue weighted by molar-refractivity contribution is 5.95. The fourth-order valence-electron chi connectivity index (χ4n) is 4.30. The molecule has 0 amide bonds. The van der Waals surface area contributed by atoms with Crippen molar-refractivity contribution in [1.82, 2.24) is 9.97 Å². The van der Waals surface area contributed by atoms with E-state index in [-0.39, 0.29) is 0 Å². The molecule has 0 spiro atoms. The summed E-state index contributed by atoms with van der Waals surface area (Å²) in [6, 6.07) is 15.1. The maximum Gasteiger partial charge on any atom is 0.226 e. The predicted octanol–water partition coefficient (Wildman–Crippen LogP) is 4.78. The van der Waals surface area contributed by atoms with E-state index >= 15 is 0 Å². The van der Waals surface area contributed by atoms with Gasteiger partial charge in [0.25, 0.3) is 0 Å². The number of hydrogen-bond acceptors (Lipinski definition) is 3. The van der Waals surface area contributed by atoms with Gasteiger partial charge < -0.3 is 4.90 Å². The fraction of sp³-hybridized carbons (Fsp3) is 0.364. The molecule has 2 aromatic carbocycles. The third kappa shape index (κ3) is 2.58. The second-order valence-electron chi connectivity index (χ2n) is 7.24. The molecule has 0 unspecified atom stereocenters. The molecule has 0 N–H and O–H groups in total. The summed E-state index contributed by atoms with van der Waals surface area (Å²) in [7, 11) is 0. The average molecular weight is 329 g/mol. The molecule has 3 nitrogen and oxygen atoms in total. The molecule has 0 saturated carbocycles. The van der Waals surface area contributed by atoms with Crippen LogP contribution >= 0.6 is 0 Å². The summed E-state index contributed by atoms with van der Waals surface area (Å²) in [6.07, 6.45) is 7.40. The van der Waals surface area contributed by atoms with Crippen LogP contribution in [0.3, 0.4) is 0 Å². The molecule has 2 heterocycles. The molecule has 1 aliphatic carbocycles. The van der Waals surface area contributed by atoms with E-state index in [1.807, 2.05) is 0 Å². The van der Waals surface area contributed by atoms with Gasteiger partial charge in [0.15, 0.2) is 0 Å². The highest BCUT2D eigenvalue weighted by atomic mass is 15.3. The first-order valence-electron chi connectivity index (χ1n) is 9.53. The van der Waals surface area contributed by atoms with Crippen molar-refractivity contribution in [1.29, 1.82) is 0 Å². The molecule has 126 valence electrons. The zero-order valence-electron chi connectivity index (χ0n) is 14.5. The third-order valence-electron chi connectivity index (χ3n) is 5.62. The lowest BCUT2D eigenvalue weighted by Crippen LogP contribution is -2.31. The van der Waals surface area contributed by atoms with Gasteiger partial charge in [0, 0.05) is 24.0 Å². The monoisotopic (exact) mass is 329 g/mol. The molecular weight excluding hydrogens is 306 g/mol. The Morgan fingerprint density at radius 3 is 2.44 bits per heavy atom. The van der Waals surface area contributed by atoms with Gasteiger partial charge in [-0.25, -0.2) is 9.97 Å². The predicted molar refractivity (Wildman–Crippen MR) is 103 cm³/mol. The summed E-state index contributed by atoms with van der Waals surface area (Å²) in [6.45, 7) is 2.16. The Hall–Kier alpha value is -2.42. The minimum Gasteiger partial charge on any atom is -0.341 e. The van der Waals surface area contributed by atoms with Crippen LogP contribution in [0.1, 0.15) is 36.8 Å². The summed E-state index contributed by atoms with van der Waals surface area (Å²) in [5, 5.41) is 1.20. The number of fused-ring (bicyclic) bond motifs is 3. The Labute approximate surface area is 148 Å². The van der Waals surface area contributed by atoms with Gasteiger partial charge in [0.05, 0.1) is 11.2 Å². The zero-order chi connectivity index (χ0) is 16.6. The molecule has 1 aliphatic heterocycles. The SMILES string of the molecule is c1ccc(-c2nc(N3CCCCC3)nc3c4c(ccc23)CCC4)cc1. The van der Waals surface area contributed by atoms with E-state index in [1.54, 1.807) is 0 Å². The van der Waals surface area contributed by atoms with Crippen LogP contribution in [0.15, 0.2) is 42.5 Å². The van der Waals surface area contributed by atoms with Gasteiger partial charge in [-0.3, -0.25) is 0 Å². The lowest BCUT2D eigenvalue weighted by molar-refractivity contribution is 0.569. The van der Waals surface area contributed by atoms with Crippen LogP contribution in [-0.2, 0) is 12.8 Å². The first-order valence-corrected chi connectivity index (χ1v) is 9.53. The van der Waals surface area contributed by atoms with Gasteiger partial charge >= 0.3 is 0 Å². The van der Waals surface area contributed by atoms with Crippen molar-refractivity contribution in [3.63, 3.8) is 0 Å². The van der Waals surface area contributed by atoms with Crippen LogP contribution in [0.4, 0.5) is 5.95 Å². The van der Waals surface area contributed by atoms with Crippen molar-refractivity contribution in [2.24, 2.45) is 0 Å². The van der Waals surface area contributed by atoms with Gasteiger partial charge in [-0.05, 0) is 49.7 Å². The number of piperidine rings is 1. The van der Waals surface area contributed by atoms with Crippen molar-refractivity contribution in [2.45, 2.75) is 38.5 Å². The molecule has 0 atom stereocenters. The summed E-state index contributed by atoms with van der Waals surface area (Å²) >= 11 is 0. The summed E-state index contributed by atoms with van der Waals surface area (Å²) < 4.78 is 0. The Kier molecular flexibility index (Phi) is 3.66. The summed E-state index contributed by atoms with van der Waals surface area (Å²) in [5.41, 5.74) is 6.39. The Bertz CT molecular complexity index is 911. The van der Waals surface area contributed by atoms with Gasteiger partial charge in [0.1, 0.15) is 0 Å². The first kappa shape index (κ1) is 14.9. The van der Waals surface area contributed by atoms with Crippen LogP contribution in [-0.4, -0.2) is 23.1 Å². The van der Waals surface area contributed by atoms with Crippen LogP contribution < -0.4 is 4.90 Å². The second-order valence-corrected chi connectivity index (χ2v) is 7.24. The minimum atomic E-state index is 0.923. The van der Waals surface area contributed by atoms with Crippen LogP contribution in [0.5, 0.6) is 0 Å². The van der Waals surface area contributed by atoms with Crippen molar-refractivity contribution < 1.29 is 0 Å². The fourth-order valence-corrected chi connectivity index (χ4v) is 4.30. The van der Waals surface area contributed by atoms with Gasteiger partial charge in [-0.15, -0.1) is 0 Å². The largest absolute Gasteiger partial charge is 0.341 e. The summed E-state index contributed by atoms with van der Waals surface area (Å²) in [4.78, 5) is 12.5. The number of aryl methyl sites for hydroxylation is 2. The number of rotatable bonds is 2. The van der Waals surface area contributed by atoms with E-state index < -0.39 is 0 Å². The van der Waals surface area contributed by atoms with E-state index in [2.05, 4.69) is 47.4 Å². The highest BCUT2D eigenvalue weighted by Gasteiger charge is 2.21. The molecule has 0 radical (unpaired) electrons. The quantitative estimate of drug-likeness (QED) is 0.678. The number of anilines is 1. The van der Waals surface area contributed by atoms with Crippen LogP contribution in [0.2, 0.25) is 0 Å². The number of aromatic nitrogens is 2. The van der Waals surface area contributed by atoms with Crippen LogP contribution in [0.25, 0.3) is 22.2 Å². The first-order chi connectivity index (χ1) is 12.4. The third-order valence-corrected chi connectivity index (χ3v) is 5.62. The Balaban J connectivity index is 1.76. The smallest absolute Gasteiger partial charge is 0.226 e. The van der Waals surface area contributed by atoms with Crippen molar-refractivity contribution >= 4 is 16.9 Å². The van der Waals surface area contributed by atoms with Gasteiger partial charge in [-0.1, -0.05) is 42.5 Å². The number of nitrogens with zero attached hydrogens (tertiary/aromatic N) is 3. The molecule has 0 bridgehead atoms. The highest BCUT2D eigenvalue weighted by Crippen LogP contribution is 2.35. The summed E-state index contributed by atoms with van der Waals surface area (Å²) in [5.74, 6) is 0.923. The van der Waals surface area contributed by atoms with Crippen LogP contribution in [0, 0.1) is 0 Å². The lowest BCUT2D eigenvalue weighted by Gasteiger charge is -2.27. The molecule has 1 aromatic heterocycles. The number of benzene rings is 2. The topological polar surface area (TPSA) is 29.0 Å². The zero-order valence-corrected chi connectivity index (χ0v) is 14.5. The van der Waals surface area contributed by atoms with E-state index in [1.165, 1.54) is 59.7 Å². The molecule has 5 rings (SSSR count). The lowest BCUT2D eigenvalue weighted by atomic mass is 10.0. The molecule has 1 saturated heterocycles. The molecule has 2 aliphatic rings. The maximum absolute atomic E-state index is 5.07. The van der Waals surface area contributed by atoms with Crippen molar-refractivity contribution in [2.75, 3.05) is 18.0 Å². The Morgan fingerprint density at radius 2 is 1.60 bits per heavy atom. The minimum absolute atomic E-state index is 0.923. The molecule has 3 aromatic rings. The second kappa shape index (κ2) is 6.14. The molecule has 1 fully saturated rings. The van der Waals surface area contributed by atoms with E-state index in [0.29, 0.717) is 0 Å². The number of hydrogen-bond donors (Lipinski definition) is 0. The van der Waals surface area contributed by atoms with E-state index in [9.17, 15) is 0 Å². The van der Waals surface area contributed by atoms with Crippen molar-refractivity contribution in [3.8, 4) is 11.3 Å². The van der Waals surface area contributed by atoms with Crippen molar-refractivity contribution in [3.05, 3.63) is 53.6 Å². The average Bonchev–Trinajstić information content (AvgIpc) is 3.18. The molecular formula is C22H23N3. The normalized spacial score (nSPS) is 17.0. The maximum atomic E-state index is 5.07. The van der Waals surface area contributed by atoms with E-state index in [4.69, 9.17) is 9.97 Å².